The summed E-state index contributed by atoms with van der Waals surface area (Å²) in [6.07, 6.45) is 0.972. The summed E-state index contributed by atoms with van der Waals surface area (Å²) in [6.45, 7) is 0.567. The summed E-state index contributed by atoms with van der Waals surface area (Å²) in [7, 11) is -3.97. The maximum absolute atomic E-state index is 13.3. The smallest absolute Gasteiger partial charge is 0.253 e. The summed E-state index contributed by atoms with van der Waals surface area (Å²) in [6, 6.07) is 10.0. The van der Waals surface area contributed by atoms with Gasteiger partial charge in [-0.05, 0) is 48.6 Å². The second kappa shape index (κ2) is 8.28. The predicted octanol–water partition coefficient (Wildman–Crippen LogP) is 2.12. The Labute approximate surface area is 178 Å². The summed E-state index contributed by atoms with van der Waals surface area (Å²) in [5, 5.41) is 10.6. The highest BCUT2D eigenvalue weighted by Crippen LogP contribution is 2.32. The molecule has 0 saturated carbocycles. The number of rotatable bonds is 6. The van der Waals surface area contributed by atoms with Crippen LogP contribution in [0.3, 0.4) is 0 Å². The Hall–Kier alpha value is -2.58. The zero-order valence-electron chi connectivity index (χ0n) is 15.9. The molecule has 2 amide bonds. The van der Waals surface area contributed by atoms with E-state index in [1.807, 2.05) is 6.07 Å². The Morgan fingerprint density at radius 2 is 2.00 bits per heavy atom. The van der Waals surface area contributed by atoms with Crippen molar-refractivity contribution in [2.45, 2.75) is 35.6 Å². The molecule has 30 heavy (non-hydrogen) atoms. The lowest BCUT2D eigenvalue weighted by Gasteiger charge is -2.28. The molecule has 2 atom stereocenters. The number of hydrogen-bond donors (Lipinski definition) is 0. The topological polar surface area (TPSA) is 108 Å². The molecule has 2 aromatic rings. The minimum absolute atomic E-state index is 0.0190. The van der Waals surface area contributed by atoms with Crippen LogP contribution >= 0.6 is 11.3 Å². The molecule has 0 radical (unpaired) electrons. The van der Waals surface area contributed by atoms with Crippen LogP contribution in [0.2, 0.25) is 0 Å². The minimum Gasteiger partial charge on any atom is -0.377 e. The van der Waals surface area contributed by atoms with E-state index in [4.69, 9.17) is 10.00 Å². The quantitative estimate of drug-likeness (QED) is 0.631. The lowest BCUT2D eigenvalue weighted by atomic mass is 10.2. The summed E-state index contributed by atoms with van der Waals surface area (Å²) in [5.41, 5.74) is 0.715. The molecule has 156 valence electrons. The van der Waals surface area contributed by atoms with E-state index in [2.05, 4.69) is 0 Å². The van der Waals surface area contributed by atoms with Gasteiger partial charge in [0, 0.05) is 13.2 Å². The number of hydrogen-bond acceptors (Lipinski definition) is 7. The average Bonchev–Trinajstić information content (AvgIpc) is 3.49. The van der Waals surface area contributed by atoms with Gasteiger partial charge in [0.05, 0.1) is 29.8 Å². The Morgan fingerprint density at radius 1 is 1.23 bits per heavy atom. The Balaban J connectivity index is 1.67. The molecule has 2 aliphatic heterocycles. The normalized spacial score (nSPS) is 22.1. The van der Waals surface area contributed by atoms with Gasteiger partial charge in [0.2, 0.25) is 5.91 Å². The zero-order chi connectivity index (χ0) is 21.3. The first-order valence-corrected chi connectivity index (χ1v) is 11.8. The van der Waals surface area contributed by atoms with Crippen molar-refractivity contribution >= 4 is 38.9 Å². The lowest BCUT2D eigenvalue weighted by molar-refractivity contribution is -0.122. The van der Waals surface area contributed by atoms with Crippen molar-refractivity contribution in [3.8, 4) is 6.07 Å². The van der Waals surface area contributed by atoms with Gasteiger partial charge in [0.1, 0.15) is 10.3 Å². The average molecular weight is 446 g/mol. The van der Waals surface area contributed by atoms with E-state index in [9.17, 15) is 18.0 Å². The first kappa shape index (κ1) is 20.7. The number of anilines is 1. The van der Waals surface area contributed by atoms with Gasteiger partial charge in [-0.2, -0.15) is 9.57 Å². The van der Waals surface area contributed by atoms with Crippen molar-refractivity contribution < 1.29 is 22.7 Å². The van der Waals surface area contributed by atoms with Crippen molar-refractivity contribution in [2.75, 3.05) is 18.1 Å². The van der Waals surface area contributed by atoms with Crippen molar-refractivity contribution in [1.82, 2.24) is 4.31 Å². The molecule has 2 aliphatic rings. The standard InChI is InChI=1S/C20H19N3O5S2/c21-12-14-5-7-15(8-6-14)23-18(24)11-17(20(23)25)22(13-16-3-1-9-28-16)30(26,27)19-4-2-10-29-19/h2,4-8,10,16-17H,1,3,9,11,13H2. The molecule has 0 aliphatic carbocycles. The van der Waals surface area contributed by atoms with Crippen LogP contribution in [0, 0.1) is 11.3 Å². The number of sulfonamides is 1. The fourth-order valence-electron chi connectivity index (χ4n) is 3.70. The van der Waals surface area contributed by atoms with E-state index >= 15 is 0 Å². The highest BCUT2D eigenvalue weighted by molar-refractivity contribution is 7.91. The maximum Gasteiger partial charge on any atom is 0.253 e. The van der Waals surface area contributed by atoms with Crippen LogP contribution in [-0.4, -0.2) is 49.8 Å². The van der Waals surface area contributed by atoms with Gasteiger partial charge in [0.25, 0.3) is 15.9 Å². The SMILES string of the molecule is N#Cc1ccc(N2C(=O)CC(N(CC3CCCO3)S(=O)(=O)c3cccs3)C2=O)cc1. The molecule has 0 N–H and O–H groups in total. The third-order valence-corrected chi connectivity index (χ3v) is 8.44. The van der Waals surface area contributed by atoms with E-state index in [0.29, 0.717) is 24.3 Å². The van der Waals surface area contributed by atoms with E-state index < -0.39 is 27.9 Å². The molecule has 8 nitrogen and oxygen atoms in total. The molecule has 2 unspecified atom stereocenters. The fraction of sp³-hybridized carbons (Fsp3) is 0.350. The largest absolute Gasteiger partial charge is 0.377 e. The molecule has 0 bridgehead atoms. The predicted molar refractivity (Wildman–Crippen MR) is 109 cm³/mol. The van der Waals surface area contributed by atoms with Crippen LogP contribution in [0.1, 0.15) is 24.8 Å². The van der Waals surface area contributed by atoms with Gasteiger partial charge in [0.15, 0.2) is 0 Å². The number of thiophene rings is 1. The summed E-state index contributed by atoms with van der Waals surface area (Å²) in [5.74, 6) is -1.07. The van der Waals surface area contributed by atoms with Crippen LogP contribution in [0.4, 0.5) is 5.69 Å². The van der Waals surface area contributed by atoms with Crippen LogP contribution in [0.25, 0.3) is 0 Å². The van der Waals surface area contributed by atoms with Gasteiger partial charge < -0.3 is 4.74 Å². The number of amides is 2. The van der Waals surface area contributed by atoms with E-state index in [-0.39, 0.29) is 23.3 Å². The third kappa shape index (κ3) is 3.77. The van der Waals surface area contributed by atoms with Crippen LogP contribution in [0.5, 0.6) is 0 Å². The van der Waals surface area contributed by atoms with Crippen molar-refractivity contribution in [2.24, 2.45) is 0 Å². The molecule has 2 fully saturated rings. The van der Waals surface area contributed by atoms with E-state index in [1.165, 1.54) is 30.3 Å². The van der Waals surface area contributed by atoms with Gasteiger partial charge in [-0.1, -0.05) is 6.07 Å². The number of nitriles is 1. The van der Waals surface area contributed by atoms with E-state index in [1.54, 1.807) is 11.4 Å². The summed E-state index contributed by atoms with van der Waals surface area (Å²) in [4.78, 5) is 26.9. The van der Waals surface area contributed by atoms with E-state index in [0.717, 1.165) is 27.0 Å². The molecule has 3 heterocycles. The number of ether oxygens (including phenoxy) is 1. The fourth-order valence-corrected chi connectivity index (χ4v) is 6.44. The van der Waals surface area contributed by atoms with Crippen LogP contribution in [0.15, 0.2) is 46.0 Å². The number of carbonyl (C=O) groups is 2. The first-order chi connectivity index (χ1) is 14.4. The number of benzene rings is 1. The Bertz CT molecular complexity index is 1080. The molecule has 0 spiro atoms. The molecule has 4 rings (SSSR count). The molecule has 1 aromatic carbocycles. The highest BCUT2D eigenvalue weighted by atomic mass is 32.2. The maximum atomic E-state index is 13.3. The molecule has 10 heteroatoms. The second-order valence-electron chi connectivity index (χ2n) is 7.09. The first-order valence-electron chi connectivity index (χ1n) is 9.46. The summed E-state index contributed by atoms with van der Waals surface area (Å²) < 4.78 is 33.5. The van der Waals surface area contributed by atoms with Gasteiger partial charge in [-0.25, -0.2) is 13.3 Å². The molecular formula is C20H19N3O5S2. The van der Waals surface area contributed by atoms with Gasteiger partial charge in [-0.3, -0.25) is 9.59 Å². The number of nitrogens with zero attached hydrogens (tertiary/aromatic N) is 3. The van der Waals surface area contributed by atoms with Crippen molar-refractivity contribution in [3.63, 3.8) is 0 Å². The second-order valence-corrected chi connectivity index (χ2v) is 10.2. The van der Waals surface area contributed by atoms with Crippen LogP contribution < -0.4 is 4.90 Å². The number of imide groups is 1. The van der Waals surface area contributed by atoms with Gasteiger partial charge in [-0.15, -0.1) is 11.3 Å². The molecular weight excluding hydrogens is 426 g/mol. The van der Waals surface area contributed by atoms with Gasteiger partial charge >= 0.3 is 0 Å². The van der Waals surface area contributed by atoms with Crippen LogP contribution in [-0.2, 0) is 24.3 Å². The lowest BCUT2D eigenvalue weighted by Crippen LogP contribution is -2.48. The Morgan fingerprint density at radius 3 is 2.60 bits per heavy atom. The highest BCUT2D eigenvalue weighted by Gasteiger charge is 2.48. The molecule has 1 aromatic heterocycles. The Kier molecular flexibility index (Phi) is 5.71. The third-order valence-electron chi connectivity index (χ3n) is 5.19. The summed E-state index contributed by atoms with van der Waals surface area (Å²) >= 11 is 1.07. The molecule has 2 saturated heterocycles. The number of carbonyl (C=O) groups excluding carboxylic acids is 2. The minimum atomic E-state index is -3.97. The monoisotopic (exact) mass is 445 g/mol. The zero-order valence-corrected chi connectivity index (χ0v) is 17.6. The van der Waals surface area contributed by atoms with Crippen molar-refractivity contribution in [1.29, 1.82) is 5.26 Å². The van der Waals surface area contributed by atoms with Crippen molar-refractivity contribution in [3.05, 3.63) is 47.3 Å².